The minimum atomic E-state index is -6.09. The molecule has 0 N–H and O–H groups in total. The molecule has 0 unspecified atom stereocenters. The largest absolute Gasteiger partial charge is 3.00 e. The van der Waals surface area contributed by atoms with Gasteiger partial charge in [-0.1, -0.05) is 34.6 Å². The number of hydrogen-bond donors (Lipinski definition) is 0. The Hall–Kier alpha value is 0.519. The first kappa shape index (κ1) is 39.9. The molecule has 1 rings (SSSR count). The molecule has 173 valence electrons. The second-order valence-corrected chi connectivity index (χ2v) is 10.9. The summed E-state index contributed by atoms with van der Waals surface area (Å²) < 4.78 is 66.4. The molecular formula is C19H33F3IrO4PS+. The molecule has 0 aliphatic heterocycles. The average molecular weight is 638 g/mol. The fourth-order valence-electron chi connectivity index (χ4n) is 1.41. The van der Waals surface area contributed by atoms with Gasteiger partial charge in [0.1, 0.15) is 0 Å². The standard InChI is InChI=1S/C10H15.C4H9.C3H9P.CHF3O3S.CO.Ir/c1-6-7(2)9(4)10(5)8(6)3;2*1-4(2)3;2-1(3,4)8(5,6)7;1-2;/h1-5H3;2*1-3H3;(H,5,6,7);;/q;-1;;;;+3/p-1. The third-order valence-electron chi connectivity index (χ3n) is 3.10. The quantitative estimate of drug-likeness (QED) is 0.108. The van der Waals surface area contributed by atoms with Crippen molar-refractivity contribution in [1.29, 1.82) is 0 Å². The summed E-state index contributed by atoms with van der Waals surface area (Å²) in [6.07, 6.45) is 0. The zero-order valence-electron chi connectivity index (χ0n) is 19.0. The van der Waals surface area contributed by atoms with E-state index in [1.165, 1.54) is 35.5 Å². The summed E-state index contributed by atoms with van der Waals surface area (Å²) >= 11 is 0. The van der Waals surface area contributed by atoms with Crippen molar-refractivity contribution >= 4 is 18.0 Å². The van der Waals surface area contributed by atoms with Gasteiger partial charge in [-0.15, -0.1) is 7.92 Å². The summed E-state index contributed by atoms with van der Waals surface area (Å²) in [5.41, 5.74) is -5.65. The van der Waals surface area contributed by atoms with Crippen molar-refractivity contribution in [3.63, 3.8) is 0 Å². The zero-order valence-corrected chi connectivity index (χ0v) is 23.1. The van der Waals surface area contributed by atoms with Crippen LogP contribution in [0.15, 0.2) is 0 Å². The van der Waals surface area contributed by atoms with Gasteiger partial charge in [-0.2, -0.15) is 33.9 Å². The summed E-state index contributed by atoms with van der Waals surface area (Å²) in [6, 6.07) is 0. The van der Waals surface area contributed by atoms with E-state index in [4.69, 9.17) is 17.6 Å². The fourth-order valence-corrected chi connectivity index (χ4v) is 1.41. The third kappa shape index (κ3) is 23.0. The molecule has 0 bridgehead atoms. The minimum Gasteiger partial charge on any atom is 3.00 e. The van der Waals surface area contributed by atoms with Crippen LogP contribution in [0.1, 0.15) is 55.4 Å². The molecule has 1 fully saturated rings. The van der Waals surface area contributed by atoms with E-state index in [0.717, 1.165) is 0 Å². The van der Waals surface area contributed by atoms with Crippen LogP contribution in [-0.2, 0) is 34.9 Å². The number of rotatable bonds is 0. The fraction of sp³-hybridized carbons (Fsp3) is 0.632. The van der Waals surface area contributed by atoms with E-state index in [-0.39, 0.29) is 20.1 Å². The summed E-state index contributed by atoms with van der Waals surface area (Å²) in [7, 11) is -5.71. The van der Waals surface area contributed by atoms with E-state index in [9.17, 15) is 13.2 Å². The Bertz CT molecular complexity index is 441. The molecule has 1 aliphatic rings. The first-order chi connectivity index (χ1) is 12.3. The molecule has 0 aromatic heterocycles. The van der Waals surface area contributed by atoms with Gasteiger partial charge in [-0.25, -0.2) is 8.42 Å². The SMILES string of the molecule is CP(C)C.C[C-](C)C.C[C]1[C](C)[C](C)[C](C)[C]1C.O=S(=O)([O-])C(F)(F)F.[C-]#[O+].[Ir+3]. The molecular weight excluding hydrogens is 604 g/mol. The zero-order chi connectivity index (χ0) is 24.0. The van der Waals surface area contributed by atoms with Gasteiger partial charge in [-0.3, -0.25) is 0 Å². The molecule has 1 aliphatic carbocycles. The summed E-state index contributed by atoms with van der Waals surface area (Å²) in [6.45, 7) is 28.4. The molecule has 0 amide bonds. The molecule has 0 spiro atoms. The van der Waals surface area contributed by atoms with Gasteiger partial charge in [0.15, 0.2) is 10.1 Å². The van der Waals surface area contributed by atoms with E-state index >= 15 is 0 Å². The third-order valence-corrected chi connectivity index (χ3v) is 3.66. The van der Waals surface area contributed by atoms with Crippen LogP contribution in [0, 0.1) is 42.2 Å². The van der Waals surface area contributed by atoms with Crippen molar-refractivity contribution in [3.05, 3.63) is 42.2 Å². The maximum absolute atomic E-state index is 10.7. The van der Waals surface area contributed by atoms with Crippen LogP contribution >= 0.6 is 7.92 Å². The van der Waals surface area contributed by atoms with Crippen molar-refractivity contribution in [3.8, 4) is 0 Å². The molecule has 0 heterocycles. The summed E-state index contributed by atoms with van der Waals surface area (Å²) in [5.74, 6) is 8.75. The average Bonchev–Trinajstić information content (AvgIpc) is 2.65. The number of hydrogen-bond acceptors (Lipinski definition) is 3. The predicted molar refractivity (Wildman–Crippen MR) is 109 cm³/mol. The Morgan fingerprint density at radius 1 is 0.828 bits per heavy atom. The van der Waals surface area contributed by atoms with Gasteiger partial charge in [0.05, 0.1) is 0 Å². The molecule has 5 radical (unpaired) electrons. The van der Waals surface area contributed by atoms with Crippen LogP contribution < -0.4 is 0 Å². The predicted octanol–water partition coefficient (Wildman–Crippen LogP) is 5.96. The Balaban J connectivity index is -0.0000000909. The second-order valence-electron chi connectivity index (χ2n) is 6.87. The van der Waals surface area contributed by atoms with Crippen LogP contribution in [0.4, 0.5) is 13.2 Å². The Labute approximate surface area is 191 Å². The van der Waals surface area contributed by atoms with E-state index in [2.05, 4.69) is 82.0 Å². The summed E-state index contributed by atoms with van der Waals surface area (Å²) in [5, 5.41) is 0. The first-order valence-corrected chi connectivity index (χ1v) is 12.2. The molecule has 0 atom stereocenters. The Morgan fingerprint density at radius 2 is 0.897 bits per heavy atom. The second kappa shape index (κ2) is 19.2. The van der Waals surface area contributed by atoms with E-state index in [0.29, 0.717) is 7.92 Å². The summed E-state index contributed by atoms with van der Waals surface area (Å²) in [4.78, 5) is 0. The molecule has 0 aromatic carbocycles. The molecule has 29 heavy (non-hydrogen) atoms. The van der Waals surface area contributed by atoms with E-state index < -0.39 is 15.6 Å². The van der Waals surface area contributed by atoms with Gasteiger partial charge >= 0.3 is 36.9 Å². The van der Waals surface area contributed by atoms with Crippen molar-refractivity contribution < 1.29 is 50.9 Å². The Kier molecular flexibility index (Phi) is 26.5. The molecule has 0 saturated heterocycles. The van der Waals surface area contributed by atoms with Gasteiger partial charge in [-0.05, 0) is 49.6 Å². The Morgan fingerprint density at radius 3 is 0.931 bits per heavy atom. The van der Waals surface area contributed by atoms with Crippen molar-refractivity contribution in [2.75, 3.05) is 20.0 Å². The van der Waals surface area contributed by atoms with Crippen molar-refractivity contribution in [2.24, 2.45) is 0 Å². The first-order valence-electron chi connectivity index (χ1n) is 8.07. The monoisotopic (exact) mass is 638 g/mol. The van der Waals surface area contributed by atoms with E-state index in [1.807, 2.05) is 0 Å². The van der Waals surface area contributed by atoms with Crippen LogP contribution in [0.2, 0.25) is 0 Å². The smallest absolute Gasteiger partial charge is 3.00 e. The van der Waals surface area contributed by atoms with Crippen molar-refractivity contribution in [1.82, 2.24) is 0 Å². The topological polar surface area (TPSA) is 77.1 Å². The van der Waals surface area contributed by atoms with Gasteiger partial charge < -0.3 is 10.5 Å². The maximum atomic E-state index is 10.7. The van der Waals surface area contributed by atoms with E-state index in [1.54, 1.807) is 0 Å². The van der Waals surface area contributed by atoms with Gasteiger partial charge in [0, 0.05) is 0 Å². The van der Waals surface area contributed by atoms with Crippen molar-refractivity contribution in [2.45, 2.75) is 60.9 Å². The number of halogens is 3. The van der Waals surface area contributed by atoms with Crippen LogP contribution in [0.5, 0.6) is 0 Å². The van der Waals surface area contributed by atoms with Crippen LogP contribution in [0.3, 0.4) is 0 Å². The van der Waals surface area contributed by atoms with Crippen LogP contribution in [0.25, 0.3) is 0 Å². The number of alkyl halides is 3. The van der Waals surface area contributed by atoms with Gasteiger partial charge in [0.2, 0.25) is 0 Å². The molecule has 1 saturated carbocycles. The molecule has 10 heteroatoms. The maximum Gasteiger partial charge on any atom is 3.00 e. The molecule has 0 aromatic rings. The molecule has 4 nitrogen and oxygen atoms in total. The normalized spacial score (nSPS) is 16.2. The van der Waals surface area contributed by atoms with Gasteiger partial charge in [0.25, 0.3) is 0 Å². The van der Waals surface area contributed by atoms with Crippen LogP contribution in [-0.4, -0.2) is 38.5 Å². The minimum absolute atomic E-state index is 0.